The van der Waals surface area contributed by atoms with E-state index in [4.69, 9.17) is 25.4 Å². The maximum Gasteiger partial charge on any atom is 0.347 e. The quantitative estimate of drug-likeness (QED) is 0.430. The second-order valence-electron chi connectivity index (χ2n) is 7.26. The van der Waals surface area contributed by atoms with Crippen LogP contribution in [-0.4, -0.2) is 28.5 Å². The van der Waals surface area contributed by atoms with Crippen molar-refractivity contribution in [3.05, 3.63) is 101 Å². The highest BCUT2D eigenvalue weighted by Crippen LogP contribution is 2.45. The molecule has 7 heteroatoms. The van der Waals surface area contributed by atoms with Gasteiger partial charge in [0.2, 0.25) is 0 Å². The number of nitrogens with two attached hydrogens (primary N) is 1. The zero-order valence-electron chi connectivity index (χ0n) is 17.0. The van der Waals surface area contributed by atoms with Crippen molar-refractivity contribution in [2.24, 2.45) is 5.73 Å². The second-order valence-corrected chi connectivity index (χ2v) is 7.26. The first-order valence-corrected chi connectivity index (χ1v) is 9.98. The van der Waals surface area contributed by atoms with Crippen LogP contribution in [0.5, 0.6) is 11.5 Å². The van der Waals surface area contributed by atoms with Crippen molar-refractivity contribution in [1.29, 1.82) is 0 Å². The number of phenolic OH excluding ortho intramolecular Hbond substituents is 2. The fraction of sp³-hybridized carbons (Fsp3) is 0.120. The van der Waals surface area contributed by atoms with Crippen molar-refractivity contribution >= 4 is 17.3 Å². The lowest BCUT2D eigenvalue weighted by Crippen LogP contribution is -2.34. The van der Waals surface area contributed by atoms with Gasteiger partial charge in [0.1, 0.15) is 6.26 Å². The van der Waals surface area contributed by atoms with E-state index in [0.717, 1.165) is 11.1 Å². The molecule has 3 aromatic carbocycles. The number of Topliss-reactive ketones (excluding diaryl/α,β-unsaturated/α-hetero) is 1. The van der Waals surface area contributed by atoms with Crippen LogP contribution in [0.15, 0.2) is 79.1 Å². The molecule has 162 valence electrons. The van der Waals surface area contributed by atoms with Gasteiger partial charge in [-0.25, -0.2) is 4.79 Å². The molecule has 0 aliphatic carbocycles. The summed E-state index contributed by atoms with van der Waals surface area (Å²) in [6.45, 7) is 0.546. The Bertz CT molecular complexity index is 1200. The number of esters is 1. The SMILES string of the molecule is NCCc1ccc(O)c(O)c1.O=C1OC2(OC=C(c3ccccc3)C2=O)c2ccccc21. The first-order valence-electron chi connectivity index (χ1n) is 9.98. The standard InChI is InChI=1S/C17H10O4.C8H11NO2/c18-15-13(11-6-2-1-3-7-11)10-20-17(15)14-9-5-4-8-12(14)16(19)21-17;9-4-3-6-1-2-7(10)8(11)5-6/h1-10H;1-2,5,10-11H,3-4,9H2. The van der Waals surface area contributed by atoms with Crippen molar-refractivity contribution in [2.45, 2.75) is 12.2 Å². The van der Waals surface area contributed by atoms with Crippen LogP contribution in [0, 0.1) is 0 Å². The molecule has 1 unspecified atom stereocenters. The third-order valence-corrected chi connectivity index (χ3v) is 5.18. The molecular formula is C25H21NO6. The second kappa shape index (κ2) is 8.56. The molecule has 3 aromatic rings. The Morgan fingerprint density at radius 1 is 0.875 bits per heavy atom. The van der Waals surface area contributed by atoms with Gasteiger partial charge in [0, 0.05) is 0 Å². The minimum Gasteiger partial charge on any atom is -0.504 e. The minimum atomic E-state index is -1.65. The van der Waals surface area contributed by atoms with Crippen molar-refractivity contribution < 1.29 is 29.3 Å². The van der Waals surface area contributed by atoms with Gasteiger partial charge in [-0.1, -0.05) is 48.5 Å². The number of hydrogen-bond donors (Lipinski definition) is 3. The number of rotatable bonds is 3. The van der Waals surface area contributed by atoms with E-state index in [1.807, 2.05) is 30.3 Å². The van der Waals surface area contributed by atoms with Gasteiger partial charge >= 0.3 is 11.8 Å². The van der Waals surface area contributed by atoms with Crippen LogP contribution in [0.4, 0.5) is 0 Å². The number of hydrogen-bond acceptors (Lipinski definition) is 7. The molecular weight excluding hydrogens is 410 g/mol. The molecule has 32 heavy (non-hydrogen) atoms. The number of aromatic hydroxyl groups is 2. The molecule has 0 radical (unpaired) electrons. The molecule has 2 heterocycles. The van der Waals surface area contributed by atoms with Crippen LogP contribution in [0.25, 0.3) is 5.57 Å². The van der Waals surface area contributed by atoms with E-state index in [-0.39, 0.29) is 17.3 Å². The molecule has 4 N–H and O–H groups in total. The van der Waals surface area contributed by atoms with Gasteiger partial charge in [0.05, 0.1) is 16.7 Å². The first kappa shape index (κ1) is 21.1. The highest BCUT2D eigenvalue weighted by molar-refractivity contribution is 6.27. The van der Waals surface area contributed by atoms with E-state index < -0.39 is 11.8 Å². The molecule has 0 saturated carbocycles. The Kier molecular flexibility index (Phi) is 5.66. The fourth-order valence-electron chi connectivity index (χ4n) is 3.58. The molecule has 2 aliphatic heterocycles. The van der Waals surface area contributed by atoms with Crippen LogP contribution in [0.1, 0.15) is 27.0 Å². The third kappa shape index (κ3) is 3.70. The first-order chi connectivity index (χ1) is 15.5. The van der Waals surface area contributed by atoms with E-state index in [2.05, 4.69) is 0 Å². The molecule has 1 atom stereocenters. The van der Waals surface area contributed by atoms with Crippen molar-refractivity contribution in [2.75, 3.05) is 6.54 Å². The Labute approximate surface area is 184 Å². The van der Waals surface area contributed by atoms with Crippen LogP contribution in [-0.2, 0) is 26.5 Å². The summed E-state index contributed by atoms with van der Waals surface area (Å²) >= 11 is 0. The predicted octanol–water partition coefficient (Wildman–Crippen LogP) is 3.25. The number of fused-ring (bicyclic) bond motifs is 2. The average Bonchev–Trinajstić information content (AvgIpc) is 3.29. The van der Waals surface area contributed by atoms with Crippen molar-refractivity contribution in [3.63, 3.8) is 0 Å². The molecule has 1 spiro atoms. The highest BCUT2D eigenvalue weighted by atomic mass is 16.7. The van der Waals surface area contributed by atoms with Crippen LogP contribution < -0.4 is 5.73 Å². The zero-order valence-corrected chi connectivity index (χ0v) is 17.0. The Morgan fingerprint density at radius 3 is 2.31 bits per heavy atom. The van der Waals surface area contributed by atoms with Crippen LogP contribution >= 0.6 is 0 Å². The fourth-order valence-corrected chi connectivity index (χ4v) is 3.58. The highest BCUT2D eigenvalue weighted by Gasteiger charge is 2.57. The van der Waals surface area contributed by atoms with E-state index >= 15 is 0 Å². The Hall–Kier alpha value is -4.10. The number of phenols is 2. The number of carbonyl (C=O) groups is 2. The van der Waals surface area contributed by atoms with E-state index in [9.17, 15) is 9.59 Å². The summed E-state index contributed by atoms with van der Waals surface area (Å²) in [6, 6.07) is 20.7. The number of ether oxygens (including phenoxy) is 2. The maximum atomic E-state index is 12.8. The van der Waals surface area contributed by atoms with Gasteiger partial charge in [-0.2, -0.15) is 0 Å². The lowest BCUT2D eigenvalue weighted by atomic mass is 9.94. The predicted molar refractivity (Wildman–Crippen MR) is 117 cm³/mol. The summed E-state index contributed by atoms with van der Waals surface area (Å²) < 4.78 is 10.8. The third-order valence-electron chi connectivity index (χ3n) is 5.18. The Morgan fingerprint density at radius 2 is 1.59 bits per heavy atom. The van der Waals surface area contributed by atoms with Gasteiger partial charge in [0.25, 0.3) is 5.78 Å². The largest absolute Gasteiger partial charge is 0.504 e. The summed E-state index contributed by atoms with van der Waals surface area (Å²) in [5, 5.41) is 18.0. The number of carbonyl (C=O) groups excluding carboxylic acids is 2. The molecule has 0 amide bonds. The smallest absolute Gasteiger partial charge is 0.347 e. The normalized spacial score (nSPS) is 18.3. The van der Waals surface area contributed by atoms with Gasteiger partial charge in [-0.15, -0.1) is 0 Å². The molecule has 0 aromatic heterocycles. The van der Waals surface area contributed by atoms with Crippen LogP contribution in [0.2, 0.25) is 0 Å². The lowest BCUT2D eigenvalue weighted by molar-refractivity contribution is -0.173. The summed E-state index contributed by atoms with van der Waals surface area (Å²) in [5.74, 6) is -2.73. The minimum absolute atomic E-state index is 0.0871. The van der Waals surface area contributed by atoms with Gasteiger partial charge in [-0.3, -0.25) is 4.79 Å². The zero-order chi connectivity index (χ0) is 22.7. The monoisotopic (exact) mass is 431 g/mol. The summed E-state index contributed by atoms with van der Waals surface area (Å²) in [7, 11) is 0. The van der Waals surface area contributed by atoms with Gasteiger partial charge in [0.15, 0.2) is 11.5 Å². The summed E-state index contributed by atoms with van der Waals surface area (Å²) in [5.41, 5.74) is 8.21. The topological polar surface area (TPSA) is 119 Å². The van der Waals surface area contributed by atoms with Gasteiger partial charge in [-0.05, 0) is 48.4 Å². The Balaban J connectivity index is 0.000000189. The lowest BCUT2D eigenvalue weighted by Gasteiger charge is -2.20. The summed E-state index contributed by atoms with van der Waals surface area (Å²) in [6.07, 6.45) is 2.08. The molecule has 0 fully saturated rings. The van der Waals surface area contributed by atoms with E-state index in [1.54, 1.807) is 30.3 Å². The van der Waals surface area contributed by atoms with Crippen LogP contribution in [0.3, 0.4) is 0 Å². The van der Waals surface area contributed by atoms with E-state index in [0.29, 0.717) is 29.7 Å². The van der Waals surface area contributed by atoms with Crippen molar-refractivity contribution in [3.8, 4) is 11.5 Å². The number of benzene rings is 3. The van der Waals surface area contributed by atoms with E-state index in [1.165, 1.54) is 18.4 Å². The van der Waals surface area contributed by atoms with Crippen molar-refractivity contribution in [1.82, 2.24) is 0 Å². The molecule has 0 saturated heterocycles. The van der Waals surface area contributed by atoms with Gasteiger partial charge < -0.3 is 25.4 Å². The number of ketones is 1. The molecule has 0 bridgehead atoms. The molecule has 7 nitrogen and oxygen atoms in total. The summed E-state index contributed by atoms with van der Waals surface area (Å²) in [4.78, 5) is 24.7. The molecule has 5 rings (SSSR count). The maximum absolute atomic E-state index is 12.8. The average molecular weight is 431 g/mol. The molecule has 2 aliphatic rings.